The molecule has 5 nitrogen and oxygen atoms in total. The number of aliphatic hydroxyl groups excluding tert-OH is 1. The van der Waals surface area contributed by atoms with Crippen LogP contribution < -0.4 is 10.6 Å². The van der Waals surface area contributed by atoms with Crippen LogP contribution in [0.3, 0.4) is 0 Å². The number of amides is 2. The first-order valence-electron chi connectivity index (χ1n) is 5.48. The fraction of sp³-hybridized carbons (Fsp3) is 0.333. The zero-order valence-electron chi connectivity index (χ0n) is 9.74. The molecule has 0 saturated carbocycles. The van der Waals surface area contributed by atoms with E-state index in [2.05, 4.69) is 10.6 Å². The molecular formula is C12H14FN3O2. The van der Waals surface area contributed by atoms with Gasteiger partial charge in [-0.05, 0) is 24.6 Å². The van der Waals surface area contributed by atoms with Crippen LogP contribution in [0.5, 0.6) is 0 Å². The van der Waals surface area contributed by atoms with Crippen molar-refractivity contribution < 1.29 is 14.3 Å². The summed E-state index contributed by atoms with van der Waals surface area (Å²) in [5.74, 6) is -0.468. The Hall–Kier alpha value is -2.13. The van der Waals surface area contributed by atoms with Crippen molar-refractivity contribution in [1.82, 2.24) is 10.6 Å². The minimum atomic E-state index is -0.468. The van der Waals surface area contributed by atoms with Crippen LogP contribution in [-0.4, -0.2) is 24.3 Å². The Labute approximate surface area is 104 Å². The van der Waals surface area contributed by atoms with Gasteiger partial charge in [0.25, 0.3) is 0 Å². The van der Waals surface area contributed by atoms with Crippen LogP contribution in [0, 0.1) is 17.1 Å². The molecule has 0 spiro atoms. The summed E-state index contributed by atoms with van der Waals surface area (Å²) in [5, 5.41) is 22.2. The zero-order valence-corrected chi connectivity index (χ0v) is 9.74. The first-order valence-corrected chi connectivity index (χ1v) is 5.48. The number of benzene rings is 1. The number of nitrogens with zero attached hydrogens (tertiary/aromatic N) is 1. The molecule has 3 N–H and O–H groups in total. The summed E-state index contributed by atoms with van der Waals surface area (Å²) in [6.07, 6.45) is 0.464. The van der Waals surface area contributed by atoms with Gasteiger partial charge in [-0.2, -0.15) is 5.26 Å². The maximum absolute atomic E-state index is 13.3. The lowest BCUT2D eigenvalue weighted by Gasteiger charge is -2.08. The van der Waals surface area contributed by atoms with E-state index in [0.29, 0.717) is 18.5 Å². The van der Waals surface area contributed by atoms with Gasteiger partial charge in [0, 0.05) is 25.3 Å². The largest absolute Gasteiger partial charge is 0.396 e. The first-order chi connectivity index (χ1) is 8.67. The quantitative estimate of drug-likeness (QED) is 0.679. The number of carbonyl (C=O) groups is 1. The van der Waals surface area contributed by atoms with Crippen molar-refractivity contribution >= 4 is 6.03 Å². The highest BCUT2D eigenvalue weighted by atomic mass is 19.1. The van der Waals surface area contributed by atoms with E-state index in [9.17, 15) is 9.18 Å². The molecule has 0 saturated heterocycles. The van der Waals surface area contributed by atoms with Crippen LogP contribution >= 0.6 is 0 Å². The fourth-order valence-corrected chi connectivity index (χ4v) is 1.30. The summed E-state index contributed by atoms with van der Waals surface area (Å²) in [7, 11) is 0. The number of hydrogen-bond donors (Lipinski definition) is 3. The van der Waals surface area contributed by atoms with Crippen molar-refractivity contribution in [1.29, 1.82) is 5.26 Å². The van der Waals surface area contributed by atoms with Crippen molar-refractivity contribution in [3.8, 4) is 6.07 Å². The summed E-state index contributed by atoms with van der Waals surface area (Å²) in [6.45, 7) is 0.356. The third kappa shape index (κ3) is 4.39. The predicted octanol–water partition coefficient (Wildman–Crippen LogP) is 0.879. The normalized spacial score (nSPS) is 9.61. The molecule has 0 bridgehead atoms. The Balaban J connectivity index is 2.48. The van der Waals surface area contributed by atoms with Crippen molar-refractivity contribution in [2.24, 2.45) is 0 Å². The monoisotopic (exact) mass is 251 g/mol. The summed E-state index contributed by atoms with van der Waals surface area (Å²) in [4.78, 5) is 11.3. The van der Waals surface area contributed by atoms with E-state index >= 15 is 0 Å². The lowest BCUT2D eigenvalue weighted by molar-refractivity contribution is 0.237. The number of rotatable bonds is 5. The molecule has 2 amide bonds. The first kappa shape index (κ1) is 13.9. The summed E-state index contributed by atoms with van der Waals surface area (Å²) >= 11 is 0. The Bertz CT molecular complexity index is 457. The summed E-state index contributed by atoms with van der Waals surface area (Å²) in [6, 6.07) is 5.42. The molecule has 0 aliphatic carbocycles. The molecule has 0 atom stereocenters. The SMILES string of the molecule is N#Cc1ccc(F)c(CNC(=O)NCCCO)c1. The summed E-state index contributed by atoms with van der Waals surface area (Å²) < 4.78 is 13.3. The maximum atomic E-state index is 13.3. The number of nitrogens with one attached hydrogen (secondary N) is 2. The van der Waals surface area contributed by atoms with Gasteiger partial charge < -0.3 is 15.7 Å². The van der Waals surface area contributed by atoms with E-state index in [1.807, 2.05) is 6.07 Å². The van der Waals surface area contributed by atoms with Gasteiger partial charge >= 0.3 is 6.03 Å². The predicted molar refractivity (Wildman–Crippen MR) is 63.1 cm³/mol. The van der Waals surface area contributed by atoms with Crippen LogP contribution in [0.4, 0.5) is 9.18 Å². The molecule has 0 heterocycles. The zero-order chi connectivity index (χ0) is 13.4. The van der Waals surface area contributed by atoms with Crippen LogP contribution in [0.25, 0.3) is 0 Å². The molecule has 96 valence electrons. The number of halogens is 1. The van der Waals surface area contributed by atoms with E-state index in [-0.39, 0.29) is 18.7 Å². The highest BCUT2D eigenvalue weighted by molar-refractivity contribution is 5.73. The number of carbonyl (C=O) groups excluding carboxylic acids is 1. The molecule has 0 radical (unpaired) electrons. The van der Waals surface area contributed by atoms with Gasteiger partial charge in [0.1, 0.15) is 5.82 Å². The number of urea groups is 1. The van der Waals surface area contributed by atoms with E-state index in [0.717, 1.165) is 0 Å². The third-order valence-corrected chi connectivity index (χ3v) is 2.23. The second kappa shape index (κ2) is 7.25. The topological polar surface area (TPSA) is 85.2 Å². The second-order valence-electron chi connectivity index (χ2n) is 3.60. The van der Waals surface area contributed by atoms with Gasteiger partial charge in [0.2, 0.25) is 0 Å². The van der Waals surface area contributed by atoms with Gasteiger partial charge in [0.15, 0.2) is 0 Å². The molecule has 1 rings (SSSR count). The summed E-state index contributed by atoms with van der Waals surface area (Å²) in [5.41, 5.74) is 0.597. The van der Waals surface area contributed by atoms with Gasteiger partial charge in [0.05, 0.1) is 11.6 Å². The molecule has 0 unspecified atom stereocenters. The minimum absolute atomic E-state index is 0.000870. The number of nitriles is 1. The highest BCUT2D eigenvalue weighted by Gasteiger charge is 2.05. The van der Waals surface area contributed by atoms with E-state index in [4.69, 9.17) is 10.4 Å². The van der Waals surface area contributed by atoms with Gasteiger partial charge in [-0.1, -0.05) is 0 Å². The van der Waals surface area contributed by atoms with E-state index in [1.165, 1.54) is 18.2 Å². The smallest absolute Gasteiger partial charge is 0.315 e. The average Bonchev–Trinajstić information content (AvgIpc) is 2.38. The number of hydrogen-bond acceptors (Lipinski definition) is 3. The maximum Gasteiger partial charge on any atom is 0.315 e. The Morgan fingerprint density at radius 3 is 2.89 bits per heavy atom. The minimum Gasteiger partial charge on any atom is -0.396 e. The Morgan fingerprint density at radius 1 is 1.44 bits per heavy atom. The van der Waals surface area contributed by atoms with Crippen LogP contribution in [0.15, 0.2) is 18.2 Å². The molecule has 0 aromatic heterocycles. The lowest BCUT2D eigenvalue weighted by Crippen LogP contribution is -2.36. The van der Waals surface area contributed by atoms with Crippen molar-refractivity contribution in [3.05, 3.63) is 35.1 Å². The van der Waals surface area contributed by atoms with Crippen LogP contribution in [-0.2, 0) is 6.54 Å². The highest BCUT2D eigenvalue weighted by Crippen LogP contribution is 2.09. The molecule has 18 heavy (non-hydrogen) atoms. The van der Waals surface area contributed by atoms with Crippen LogP contribution in [0.2, 0.25) is 0 Å². The molecule has 1 aromatic carbocycles. The molecule has 0 aliphatic rings. The molecular weight excluding hydrogens is 237 g/mol. The van der Waals surface area contributed by atoms with Crippen molar-refractivity contribution in [2.45, 2.75) is 13.0 Å². The van der Waals surface area contributed by atoms with Crippen molar-refractivity contribution in [3.63, 3.8) is 0 Å². The average molecular weight is 251 g/mol. The van der Waals surface area contributed by atoms with Crippen LogP contribution in [0.1, 0.15) is 17.5 Å². The fourth-order valence-electron chi connectivity index (χ4n) is 1.30. The van der Waals surface area contributed by atoms with E-state index < -0.39 is 11.8 Å². The van der Waals surface area contributed by atoms with Gasteiger partial charge in [-0.25, -0.2) is 9.18 Å². The van der Waals surface area contributed by atoms with E-state index in [1.54, 1.807) is 0 Å². The Kier molecular flexibility index (Phi) is 5.61. The molecule has 0 aliphatic heterocycles. The van der Waals surface area contributed by atoms with Gasteiger partial charge in [-0.3, -0.25) is 0 Å². The molecule has 1 aromatic rings. The standard InChI is InChI=1S/C12H14FN3O2/c13-11-3-2-9(7-14)6-10(11)8-16-12(18)15-4-1-5-17/h2-3,6,17H,1,4-5,8H2,(H2,15,16,18). The number of aliphatic hydroxyl groups is 1. The lowest BCUT2D eigenvalue weighted by atomic mass is 10.1. The third-order valence-electron chi connectivity index (χ3n) is 2.23. The van der Waals surface area contributed by atoms with Crippen molar-refractivity contribution in [2.75, 3.05) is 13.2 Å². The molecule has 6 heteroatoms. The Morgan fingerprint density at radius 2 is 2.22 bits per heavy atom. The molecule has 0 fully saturated rings. The van der Waals surface area contributed by atoms with Gasteiger partial charge in [-0.15, -0.1) is 0 Å². The second-order valence-corrected chi connectivity index (χ2v) is 3.60.